The summed E-state index contributed by atoms with van der Waals surface area (Å²) in [5.41, 5.74) is 1.10. The van der Waals surface area contributed by atoms with Gasteiger partial charge in [-0.15, -0.1) is 12.4 Å². The largest absolute Gasteiger partial charge is 0.330 e. The number of hydrogen-bond acceptors (Lipinski definition) is 2. The van der Waals surface area contributed by atoms with Crippen LogP contribution in [0.1, 0.15) is 28.8 Å². The summed E-state index contributed by atoms with van der Waals surface area (Å²) < 4.78 is 13.6. The Kier molecular flexibility index (Phi) is 3.88. The highest BCUT2D eigenvalue weighted by atomic mass is 35.5. The molecule has 2 heterocycles. The number of nitrogens with one attached hydrogen (secondary N) is 1. The minimum atomic E-state index is -0.390. The van der Waals surface area contributed by atoms with Crippen LogP contribution >= 0.6 is 12.4 Å². The molecule has 1 amide bonds. The first kappa shape index (κ1) is 13.3. The zero-order chi connectivity index (χ0) is 11.8. The Morgan fingerprint density at radius 2 is 2.22 bits per heavy atom. The molecular formula is C13H16ClFN2O. The molecule has 2 aliphatic rings. The molecule has 1 fully saturated rings. The monoisotopic (exact) mass is 270 g/mol. The van der Waals surface area contributed by atoms with Gasteiger partial charge in [-0.3, -0.25) is 4.79 Å². The summed E-state index contributed by atoms with van der Waals surface area (Å²) in [7, 11) is 0. The fourth-order valence-corrected chi connectivity index (χ4v) is 2.73. The van der Waals surface area contributed by atoms with Crippen LogP contribution < -0.4 is 5.32 Å². The molecule has 0 radical (unpaired) electrons. The predicted molar refractivity (Wildman–Crippen MR) is 69.4 cm³/mol. The lowest BCUT2D eigenvalue weighted by Crippen LogP contribution is -2.46. The normalized spacial score (nSPS) is 22.6. The van der Waals surface area contributed by atoms with E-state index in [1.807, 2.05) is 6.07 Å². The number of rotatable bonds is 1. The number of carbonyl (C=O) groups is 1. The molecule has 2 aliphatic heterocycles. The summed E-state index contributed by atoms with van der Waals surface area (Å²) in [5.74, 6) is -0.537. The van der Waals surface area contributed by atoms with Crippen molar-refractivity contribution in [3.05, 3.63) is 35.1 Å². The third kappa shape index (κ3) is 2.10. The van der Waals surface area contributed by atoms with E-state index in [-0.39, 0.29) is 29.9 Å². The molecule has 1 saturated heterocycles. The first-order valence-corrected chi connectivity index (χ1v) is 6.06. The van der Waals surface area contributed by atoms with Crippen LogP contribution in [-0.2, 0) is 6.54 Å². The van der Waals surface area contributed by atoms with Gasteiger partial charge in [0, 0.05) is 19.1 Å². The second-order valence-corrected chi connectivity index (χ2v) is 4.71. The van der Waals surface area contributed by atoms with Crippen LogP contribution in [0.25, 0.3) is 0 Å². The molecular weight excluding hydrogens is 255 g/mol. The second kappa shape index (κ2) is 5.24. The Labute approximate surface area is 112 Å². The van der Waals surface area contributed by atoms with Crippen molar-refractivity contribution in [1.82, 2.24) is 10.2 Å². The van der Waals surface area contributed by atoms with Gasteiger partial charge in [-0.2, -0.15) is 0 Å². The molecule has 0 spiro atoms. The number of carbonyl (C=O) groups excluding carboxylic acids is 1. The quantitative estimate of drug-likeness (QED) is 0.846. The van der Waals surface area contributed by atoms with Crippen molar-refractivity contribution in [2.75, 3.05) is 13.1 Å². The standard InChI is InChI=1S/C13H15FN2O.ClH/c14-11-5-1-3-9-8-16(13(17)12(9)11)10-4-2-6-15-7-10;/h1,3,5,10,15H,2,4,6-8H2;1H. The second-order valence-electron chi connectivity index (χ2n) is 4.71. The number of fused-ring (bicyclic) bond motifs is 1. The van der Waals surface area contributed by atoms with E-state index in [0.29, 0.717) is 6.54 Å². The topological polar surface area (TPSA) is 32.3 Å². The lowest BCUT2D eigenvalue weighted by atomic mass is 10.1. The molecule has 0 aromatic heterocycles. The predicted octanol–water partition coefficient (Wildman–Crippen LogP) is 1.96. The van der Waals surface area contributed by atoms with Gasteiger partial charge in [0.2, 0.25) is 0 Å². The molecule has 98 valence electrons. The van der Waals surface area contributed by atoms with Gasteiger partial charge in [-0.05, 0) is 31.0 Å². The molecule has 1 unspecified atom stereocenters. The number of benzene rings is 1. The van der Waals surface area contributed by atoms with Crippen molar-refractivity contribution in [1.29, 1.82) is 0 Å². The Hall–Kier alpha value is -1.13. The number of halogens is 2. The molecule has 0 aliphatic carbocycles. The Morgan fingerprint density at radius 1 is 1.39 bits per heavy atom. The Morgan fingerprint density at radius 3 is 2.89 bits per heavy atom. The highest BCUT2D eigenvalue weighted by Crippen LogP contribution is 2.28. The third-order valence-electron chi connectivity index (χ3n) is 3.63. The summed E-state index contributed by atoms with van der Waals surface area (Å²) in [6.45, 7) is 2.39. The van der Waals surface area contributed by atoms with Crippen LogP contribution in [0.2, 0.25) is 0 Å². The first-order valence-electron chi connectivity index (χ1n) is 6.06. The fourth-order valence-electron chi connectivity index (χ4n) is 2.73. The smallest absolute Gasteiger partial charge is 0.257 e. The van der Waals surface area contributed by atoms with Gasteiger partial charge in [0.05, 0.1) is 5.56 Å². The van der Waals surface area contributed by atoms with Gasteiger partial charge in [-0.25, -0.2) is 4.39 Å². The SMILES string of the molecule is Cl.O=C1c2c(F)cccc2CN1C1CCCNC1. The van der Waals surface area contributed by atoms with E-state index >= 15 is 0 Å². The van der Waals surface area contributed by atoms with Crippen molar-refractivity contribution in [3.63, 3.8) is 0 Å². The Balaban J connectivity index is 0.00000120. The molecule has 3 rings (SSSR count). The maximum absolute atomic E-state index is 13.6. The van der Waals surface area contributed by atoms with Crippen molar-refractivity contribution in [2.45, 2.75) is 25.4 Å². The van der Waals surface area contributed by atoms with Gasteiger partial charge in [0.1, 0.15) is 5.82 Å². The molecule has 1 aromatic rings. The zero-order valence-corrected chi connectivity index (χ0v) is 10.8. The van der Waals surface area contributed by atoms with E-state index in [1.165, 1.54) is 6.07 Å². The molecule has 1 aromatic carbocycles. The molecule has 18 heavy (non-hydrogen) atoms. The number of amides is 1. The highest BCUT2D eigenvalue weighted by Gasteiger charge is 2.34. The summed E-state index contributed by atoms with van der Waals surface area (Å²) in [4.78, 5) is 14.0. The van der Waals surface area contributed by atoms with Gasteiger partial charge in [0.25, 0.3) is 5.91 Å². The Bertz CT molecular complexity index is 460. The van der Waals surface area contributed by atoms with Crippen LogP contribution in [0.5, 0.6) is 0 Å². The maximum Gasteiger partial charge on any atom is 0.257 e. The van der Waals surface area contributed by atoms with Crippen molar-refractivity contribution < 1.29 is 9.18 Å². The lowest BCUT2D eigenvalue weighted by Gasteiger charge is -2.31. The minimum Gasteiger partial charge on any atom is -0.330 e. The molecule has 0 saturated carbocycles. The van der Waals surface area contributed by atoms with Crippen molar-refractivity contribution in [2.24, 2.45) is 0 Å². The summed E-state index contributed by atoms with van der Waals surface area (Å²) >= 11 is 0. The van der Waals surface area contributed by atoms with Gasteiger partial charge < -0.3 is 10.2 Å². The lowest BCUT2D eigenvalue weighted by molar-refractivity contribution is 0.0671. The van der Waals surface area contributed by atoms with Crippen LogP contribution in [0.3, 0.4) is 0 Å². The van der Waals surface area contributed by atoms with Crippen molar-refractivity contribution >= 4 is 18.3 Å². The first-order chi connectivity index (χ1) is 8.27. The van der Waals surface area contributed by atoms with Crippen LogP contribution in [0.15, 0.2) is 18.2 Å². The number of piperidine rings is 1. The molecule has 3 nitrogen and oxygen atoms in total. The van der Waals surface area contributed by atoms with Crippen LogP contribution in [0, 0.1) is 5.82 Å². The van der Waals surface area contributed by atoms with E-state index in [2.05, 4.69) is 5.32 Å². The summed E-state index contributed by atoms with van der Waals surface area (Å²) in [6, 6.07) is 5.08. The number of hydrogen-bond donors (Lipinski definition) is 1. The summed E-state index contributed by atoms with van der Waals surface area (Å²) in [6.07, 6.45) is 2.08. The third-order valence-corrected chi connectivity index (χ3v) is 3.63. The van der Waals surface area contributed by atoms with E-state index in [4.69, 9.17) is 0 Å². The van der Waals surface area contributed by atoms with E-state index < -0.39 is 5.82 Å². The highest BCUT2D eigenvalue weighted by molar-refractivity contribution is 5.98. The van der Waals surface area contributed by atoms with Gasteiger partial charge in [0.15, 0.2) is 0 Å². The average Bonchev–Trinajstić information content (AvgIpc) is 2.69. The van der Waals surface area contributed by atoms with Crippen molar-refractivity contribution in [3.8, 4) is 0 Å². The molecule has 1 atom stereocenters. The minimum absolute atomic E-state index is 0. The molecule has 5 heteroatoms. The molecule has 1 N–H and O–H groups in total. The molecule has 0 bridgehead atoms. The van der Waals surface area contributed by atoms with Gasteiger partial charge in [-0.1, -0.05) is 12.1 Å². The van der Waals surface area contributed by atoms with Gasteiger partial charge >= 0.3 is 0 Å². The summed E-state index contributed by atoms with van der Waals surface area (Å²) in [5, 5.41) is 3.29. The van der Waals surface area contributed by atoms with Crippen LogP contribution in [0.4, 0.5) is 4.39 Å². The van der Waals surface area contributed by atoms with E-state index in [1.54, 1.807) is 11.0 Å². The van der Waals surface area contributed by atoms with E-state index in [0.717, 1.165) is 31.5 Å². The van der Waals surface area contributed by atoms with E-state index in [9.17, 15) is 9.18 Å². The average molecular weight is 271 g/mol. The zero-order valence-electron chi connectivity index (χ0n) is 9.99. The maximum atomic E-state index is 13.6. The van der Waals surface area contributed by atoms with Crippen LogP contribution in [-0.4, -0.2) is 29.9 Å². The fraction of sp³-hybridized carbons (Fsp3) is 0.462. The number of nitrogens with zero attached hydrogens (tertiary/aromatic N) is 1.